The third-order valence-electron chi connectivity index (χ3n) is 5.24. The van der Waals surface area contributed by atoms with Gasteiger partial charge in [-0.25, -0.2) is 4.79 Å². The number of amides is 3. The van der Waals surface area contributed by atoms with Gasteiger partial charge in [0.15, 0.2) is 0 Å². The molecule has 0 atom stereocenters. The Morgan fingerprint density at radius 1 is 1.03 bits per heavy atom. The van der Waals surface area contributed by atoms with E-state index >= 15 is 0 Å². The molecule has 1 saturated heterocycles. The molecule has 2 aliphatic rings. The molecule has 0 unspecified atom stereocenters. The van der Waals surface area contributed by atoms with E-state index in [1.54, 1.807) is 18.2 Å². The normalized spacial score (nSPS) is 15.8. The van der Waals surface area contributed by atoms with Crippen LogP contribution in [-0.4, -0.2) is 31.1 Å². The molecule has 3 amide bonds. The zero-order chi connectivity index (χ0) is 20.2. The van der Waals surface area contributed by atoms with Crippen LogP contribution in [0.2, 0.25) is 5.02 Å². The Kier molecular flexibility index (Phi) is 5.90. The van der Waals surface area contributed by atoms with Gasteiger partial charge in [0.1, 0.15) is 0 Å². The molecule has 4 rings (SSSR count). The Bertz CT molecular complexity index is 890. The highest BCUT2D eigenvalue weighted by Crippen LogP contribution is 2.24. The molecule has 2 aromatic rings. The van der Waals surface area contributed by atoms with E-state index in [4.69, 9.17) is 11.6 Å². The van der Waals surface area contributed by atoms with Crippen LogP contribution >= 0.6 is 11.6 Å². The summed E-state index contributed by atoms with van der Waals surface area (Å²) in [4.78, 5) is 26.9. The predicted octanol–water partition coefficient (Wildman–Crippen LogP) is 4.15. The first kappa shape index (κ1) is 19.6. The molecule has 1 saturated carbocycles. The molecule has 3 N–H and O–H groups in total. The fraction of sp³-hybridized carbons (Fsp3) is 0.364. The van der Waals surface area contributed by atoms with E-state index < -0.39 is 0 Å². The van der Waals surface area contributed by atoms with Crippen LogP contribution in [0.4, 0.5) is 16.2 Å². The van der Waals surface area contributed by atoms with Crippen molar-refractivity contribution in [2.75, 3.05) is 23.3 Å². The van der Waals surface area contributed by atoms with Crippen molar-refractivity contribution in [1.29, 1.82) is 0 Å². The summed E-state index contributed by atoms with van der Waals surface area (Å²) in [7, 11) is 0. The Labute approximate surface area is 175 Å². The predicted molar refractivity (Wildman–Crippen MR) is 116 cm³/mol. The second kappa shape index (κ2) is 8.74. The minimum atomic E-state index is -0.329. The van der Waals surface area contributed by atoms with Crippen LogP contribution < -0.4 is 20.9 Å². The number of anilines is 2. The third-order valence-corrected chi connectivity index (χ3v) is 5.57. The number of urea groups is 1. The Morgan fingerprint density at radius 3 is 2.45 bits per heavy atom. The van der Waals surface area contributed by atoms with Crippen molar-refractivity contribution >= 4 is 34.9 Å². The molecule has 6 nitrogen and oxygen atoms in total. The van der Waals surface area contributed by atoms with Crippen LogP contribution in [0.1, 0.15) is 41.6 Å². The highest BCUT2D eigenvalue weighted by Gasteiger charge is 2.25. The summed E-state index contributed by atoms with van der Waals surface area (Å²) in [6.45, 7) is 2.65. The monoisotopic (exact) mass is 412 g/mol. The van der Waals surface area contributed by atoms with Crippen molar-refractivity contribution in [2.24, 2.45) is 0 Å². The molecular formula is C22H25ClN4O2. The van der Waals surface area contributed by atoms with Gasteiger partial charge in [-0.3, -0.25) is 4.79 Å². The second-order valence-electron chi connectivity index (χ2n) is 7.61. The molecule has 29 heavy (non-hydrogen) atoms. The number of hydrogen-bond acceptors (Lipinski definition) is 3. The SMILES string of the molecule is O=C(NCc1ccc(N2CCCC2)cc1)Nc1ccc(Cl)c(C(=O)NC2CC2)c1. The molecule has 7 heteroatoms. The van der Waals surface area contributed by atoms with Gasteiger partial charge < -0.3 is 20.9 Å². The molecule has 0 radical (unpaired) electrons. The summed E-state index contributed by atoms with van der Waals surface area (Å²) in [5.41, 5.74) is 3.16. The van der Waals surface area contributed by atoms with Crippen LogP contribution in [0.25, 0.3) is 0 Å². The van der Waals surface area contributed by atoms with Crippen LogP contribution in [-0.2, 0) is 6.54 Å². The Morgan fingerprint density at radius 2 is 1.76 bits per heavy atom. The summed E-state index contributed by atoms with van der Waals surface area (Å²) in [5, 5.41) is 8.88. The number of carbonyl (C=O) groups is 2. The molecule has 1 aliphatic carbocycles. The van der Waals surface area contributed by atoms with Gasteiger partial charge in [-0.05, 0) is 61.6 Å². The number of nitrogens with one attached hydrogen (secondary N) is 3. The number of rotatable bonds is 6. The van der Waals surface area contributed by atoms with Gasteiger partial charge in [0.25, 0.3) is 5.91 Å². The zero-order valence-corrected chi connectivity index (χ0v) is 17.0. The molecule has 0 spiro atoms. The zero-order valence-electron chi connectivity index (χ0n) is 16.2. The van der Waals surface area contributed by atoms with Crippen molar-refractivity contribution < 1.29 is 9.59 Å². The van der Waals surface area contributed by atoms with E-state index in [0.29, 0.717) is 22.8 Å². The van der Waals surface area contributed by atoms with Crippen molar-refractivity contribution in [1.82, 2.24) is 10.6 Å². The van der Waals surface area contributed by atoms with Gasteiger partial charge in [-0.15, -0.1) is 0 Å². The first-order chi connectivity index (χ1) is 14.1. The molecule has 0 bridgehead atoms. The summed E-state index contributed by atoms with van der Waals surface area (Å²) in [6.07, 6.45) is 4.50. The van der Waals surface area contributed by atoms with E-state index in [1.165, 1.54) is 18.5 Å². The molecule has 1 heterocycles. The minimum absolute atomic E-state index is 0.209. The van der Waals surface area contributed by atoms with Gasteiger partial charge in [-0.1, -0.05) is 23.7 Å². The van der Waals surface area contributed by atoms with Gasteiger partial charge in [0.05, 0.1) is 10.6 Å². The Hall–Kier alpha value is -2.73. The summed E-state index contributed by atoms with van der Waals surface area (Å²) in [6, 6.07) is 13.1. The van der Waals surface area contributed by atoms with Gasteiger partial charge >= 0.3 is 6.03 Å². The van der Waals surface area contributed by atoms with E-state index in [0.717, 1.165) is 31.5 Å². The Balaban J connectivity index is 1.30. The molecular weight excluding hydrogens is 388 g/mol. The average molecular weight is 413 g/mol. The maximum atomic E-state index is 12.3. The molecule has 152 valence electrons. The molecule has 2 fully saturated rings. The number of carbonyl (C=O) groups excluding carboxylic acids is 2. The van der Waals surface area contributed by atoms with Crippen molar-refractivity contribution in [3.8, 4) is 0 Å². The summed E-state index contributed by atoms with van der Waals surface area (Å²) < 4.78 is 0. The molecule has 1 aliphatic heterocycles. The van der Waals surface area contributed by atoms with Crippen molar-refractivity contribution in [3.63, 3.8) is 0 Å². The largest absolute Gasteiger partial charge is 0.372 e. The number of hydrogen-bond donors (Lipinski definition) is 3. The van der Waals surface area contributed by atoms with Crippen LogP contribution in [0.3, 0.4) is 0 Å². The average Bonchev–Trinajstić information content (AvgIpc) is 3.36. The fourth-order valence-corrected chi connectivity index (χ4v) is 3.63. The lowest BCUT2D eigenvalue weighted by Crippen LogP contribution is -2.29. The maximum absolute atomic E-state index is 12.3. The van der Waals surface area contributed by atoms with Crippen LogP contribution in [0.15, 0.2) is 42.5 Å². The van der Waals surface area contributed by atoms with Crippen molar-refractivity contribution in [2.45, 2.75) is 38.3 Å². The summed E-state index contributed by atoms with van der Waals surface area (Å²) >= 11 is 6.14. The summed E-state index contributed by atoms with van der Waals surface area (Å²) in [5.74, 6) is -0.209. The smallest absolute Gasteiger partial charge is 0.319 e. The standard InChI is InChI=1S/C22H25ClN4O2/c23-20-10-7-17(13-19(20)21(28)25-16-5-6-16)26-22(29)24-14-15-3-8-18(9-4-15)27-11-1-2-12-27/h3-4,7-10,13,16H,1-2,5-6,11-12,14H2,(H,25,28)(H2,24,26,29). The lowest BCUT2D eigenvalue weighted by Gasteiger charge is -2.17. The second-order valence-corrected chi connectivity index (χ2v) is 8.02. The van der Waals surface area contributed by atoms with E-state index in [2.05, 4.69) is 33.0 Å². The fourth-order valence-electron chi connectivity index (χ4n) is 3.43. The highest BCUT2D eigenvalue weighted by atomic mass is 35.5. The van der Waals surface area contributed by atoms with E-state index in [9.17, 15) is 9.59 Å². The first-order valence-corrected chi connectivity index (χ1v) is 10.5. The van der Waals surface area contributed by atoms with Crippen molar-refractivity contribution in [3.05, 3.63) is 58.6 Å². The van der Waals surface area contributed by atoms with Crippen LogP contribution in [0, 0.1) is 0 Å². The highest BCUT2D eigenvalue weighted by molar-refractivity contribution is 6.34. The lowest BCUT2D eigenvalue weighted by molar-refractivity contribution is 0.0951. The number of halogens is 1. The molecule has 2 aromatic carbocycles. The maximum Gasteiger partial charge on any atom is 0.319 e. The van der Waals surface area contributed by atoms with Gasteiger partial charge in [-0.2, -0.15) is 0 Å². The third kappa shape index (κ3) is 5.21. The van der Waals surface area contributed by atoms with E-state index in [-0.39, 0.29) is 18.0 Å². The quantitative estimate of drug-likeness (QED) is 0.667. The van der Waals surface area contributed by atoms with Gasteiger partial charge in [0, 0.05) is 37.1 Å². The topological polar surface area (TPSA) is 73.5 Å². The number of nitrogens with zero attached hydrogens (tertiary/aromatic N) is 1. The molecule has 0 aromatic heterocycles. The lowest BCUT2D eigenvalue weighted by atomic mass is 10.2. The first-order valence-electron chi connectivity index (χ1n) is 10.1. The minimum Gasteiger partial charge on any atom is -0.372 e. The number of benzene rings is 2. The van der Waals surface area contributed by atoms with E-state index in [1.807, 2.05) is 12.1 Å². The van der Waals surface area contributed by atoms with Gasteiger partial charge in [0.2, 0.25) is 0 Å². The van der Waals surface area contributed by atoms with Crippen LogP contribution in [0.5, 0.6) is 0 Å².